The number of carbonyl (C=O) groups is 3. The molecule has 94 valence electrons. The molecule has 1 unspecified atom stereocenters. The van der Waals surface area contributed by atoms with Gasteiger partial charge in [0.05, 0.1) is 17.8 Å². The maximum Gasteiger partial charge on any atom is 0.322 e. The summed E-state index contributed by atoms with van der Waals surface area (Å²) in [5.74, 6) is -2.62. The van der Waals surface area contributed by atoms with E-state index in [1.807, 2.05) is 0 Å². The zero-order valence-corrected chi connectivity index (χ0v) is 10.7. The number of hydrogen-bond acceptors (Lipinski definition) is 4. The number of nitrogens with zero attached hydrogens (tertiary/aromatic N) is 1. The highest BCUT2D eigenvalue weighted by atomic mass is 79.9. The van der Waals surface area contributed by atoms with Crippen molar-refractivity contribution in [3.8, 4) is 0 Å². The largest absolute Gasteiger partial charge is 0.480 e. The van der Waals surface area contributed by atoms with Crippen molar-refractivity contribution >= 4 is 39.3 Å². The topological polar surface area (TPSA) is 101 Å². The number of carboxylic acids is 1. The molecular formula is C11H9BrN2O4. The summed E-state index contributed by atoms with van der Waals surface area (Å²) >= 11 is 3.21. The zero-order chi connectivity index (χ0) is 13.4. The first kappa shape index (κ1) is 12.7. The lowest BCUT2D eigenvalue weighted by atomic mass is 10.1. The van der Waals surface area contributed by atoms with Crippen molar-refractivity contribution in [1.29, 1.82) is 0 Å². The smallest absolute Gasteiger partial charge is 0.322 e. The van der Waals surface area contributed by atoms with Crippen molar-refractivity contribution in [3.63, 3.8) is 0 Å². The predicted octanol–water partition coefficient (Wildman–Crippen LogP) is 0.390. The molecule has 1 heterocycles. The summed E-state index contributed by atoms with van der Waals surface area (Å²) in [6.07, 6.45) is 0. The van der Waals surface area contributed by atoms with E-state index in [1.54, 1.807) is 12.1 Å². The molecule has 6 nitrogen and oxygen atoms in total. The molecule has 0 fully saturated rings. The van der Waals surface area contributed by atoms with Crippen LogP contribution in [0, 0.1) is 0 Å². The van der Waals surface area contributed by atoms with E-state index < -0.39 is 23.7 Å². The SMILES string of the molecule is NC(CN1C(=O)C(=O)c2cc(Br)ccc21)C(=O)O. The molecule has 3 N–H and O–H groups in total. The molecule has 1 amide bonds. The van der Waals surface area contributed by atoms with E-state index in [2.05, 4.69) is 15.9 Å². The number of amides is 1. The molecule has 1 aliphatic heterocycles. The predicted molar refractivity (Wildman–Crippen MR) is 66.4 cm³/mol. The molecular weight excluding hydrogens is 304 g/mol. The van der Waals surface area contributed by atoms with E-state index in [1.165, 1.54) is 6.07 Å². The first-order chi connectivity index (χ1) is 8.41. The zero-order valence-electron chi connectivity index (χ0n) is 9.09. The van der Waals surface area contributed by atoms with Crippen LogP contribution in [0.25, 0.3) is 0 Å². The average molecular weight is 313 g/mol. The van der Waals surface area contributed by atoms with Gasteiger partial charge in [0.1, 0.15) is 6.04 Å². The molecule has 0 aliphatic carbocycles. The number of carboxylic acid groups (broad SMARTS) is 1. The molecule has 0 aromatic heterocycles. The van der Waals surface area contributed by atoms with Gasteiger partial charge in [0.15, 0.2) is 0 Å². The van der Waals surface area contributed by atoms with Crippen LogP contribution in [0.3, 0.4) is 0 Å². The van der Waals surface area contributed by atoms with Crippen LogP contribution >= 0.6 is 15.9 Å². The third-order valence-electron chi connectivity index (χ3n) is 2.63. The fourth-order valence-corrected chi connectivity index (χ4v) is 2.09. The first-order valence-corrected chi connectivity index (χ1v) is 5.85. The van der Waals surface area contributed by atoms with E-state index in [9.17, 15) is 14.4 Å². The van der Waals surface area contributed by atoms with Gasteiger partial charge in [-0.25, -0.2) is 0 Å². The van der Waals surface area contributed by atoms with E-state index in [0.717, 1.165) is 4.90 Å². The molecule has 1 aromatic rings. The van der Waals surface area contributed by atoms with Gasteiger partial charge in [-0.15, -0.1) is 0 Å². The summed E-state index contributed by atoms with van der Waals surface area (Å²) in [4.78, 5) is 35.2. The van der Waals surface area contributed by atoms with Crippen molar-refractivity contribution in [2.24, 2.45) is 5.73 Å². The van der Waals surface area contributed by atoms with Crippen LogP contribution in [-0.4, -0.2) is 35.4 Å². The second-order valence-electron chi connectivity index (χ2n) is 3.85. The summed E-state index contributed by atoms with van der Waals surface area (Å²) in [5.41, 5.74) is 6.03. The molecule has 7 heteroatoms. The number of halogens is 1. The molecule has 0 saturated carbocycles. The molecule has 0 radical (unpaired) electrons. The third-order valence-corrected chi connectivity index (χ3v) is 3.12. The van der Waals surface area contributed by atoms with Crippen molar-refractivity contribution in [2.75, 3.05) is 11.4 Å². The van der Waals surface area contributed by atoms with Gasteiger partial charge in [0, 0.05) is 4.47 Å². The second-order valence-corrected chi connectivity index (χ2v) is 4.77. The molecule has 18 heavy (non-hydrogen) atoms. The van der Waals surface area contributed by atoms with Gasteiger partial charge in [-0.3, -0.25) is 14.4 Å². The molecule has 0 spiro atoms. The summed E-state index contributed by atoms with van der Waals surface area (Å²) in [5, 5.41) is 8.73. The maximum absolute atomic E-state index is 11.7. The van der Waals surface area contributed by atoms with Crippen molar-refractivity contribution in [1.82, 2.24) is 0 Å². The number of fused-ring (bicyclic) bond motifs is 1. The maximum atomic E-state index is 11.7. The Morgan fingerprint density at radius 1 is 1.44 bits per heavy atom. The Morgan fingerprint density at radius 3 is 2.72 bits per heavy atom. The van der Waals surface area contributed by atoms with Crippen LogP contribution in [0.4, 0.5) is 5.69 Å². The highest BCUT2D eigenvalue weighted by Crippen LogP contribution is 2.31. The number of ketones is 1. The van der Waals surface area contributed by atoms with E-state index in [0.29, 0.717) is 10.2 Å². The number of nitrogens with two attached hydrogens (primary N) is 1. The van der Waals surface area contributed by atoms with Gasteiger partial charge in [-0.2, -0.15) is 0 Å². The molecule has 1 atom stereocenters. The summed E-state index contributed by atoms with van der Waals surface area (Å²) in [6.45, 7) is -0.228. The van der Waals surface area contributed by atoms with Crippen molar-refractivity contribution < 1.29 is 19.5 Å². The summed E-state index contributed by atoms with van der Waals surface area (Å²) < 4.78 is 0.673. The summed E-state index contributed by atoms with van der Waals surface area (Å²) in [7, 11) is 0. The number of benzene rings is 1. The number of carbonyl (C=O) groups excluding carboxylic acids is 2. The number of aliphatic carboxylic acids is 1. The van der Waals surface area contributed by atoms with Gasteiger partial charge < -0.3 is 15.7 Å². The minimum Gasteiger partial charge on any atom is -0.480 e. The van der Waals surface area contributed by atoms with Crippen LogP contribution in [-0.2, 0) is 9.59 Å². The van der Waals surface area contributed by atoms with E-state index in [4.69, 9.17) is 10.8 Å². The Morgan fingerprint density at radius 2 is 2.11 bits per heavy atom. The lowest BCUT2D eigenvalue weighted by molar-refractivity contribution is -0.138. The molecule has 0 saturated heterocycles. The molecule has 1 aliphatic rings. The lowest BCUT2D eigenvalue weighted by Gasteiger charge is -2.18. The van der Waals surface area contributed by atoms with Crippen LogP contribution < -0.4 is 10.6 Å². The Balaban J connectivity index is 2.37. The van der Waals surface area contributed by atoms with Crippen LogP contribution in [0.15, 0.2) is 22.7 Å². The Hall–Kier alpha value is -1.73. The standard InChI is InChI=1S/C11H9BrN2O4/c12-5-1-2-8-6(3-5)9(15)10(16)14(8)4-7(13)11(17)18/h1-3,7H,4,13H2,(H,17,18). The van der Waals surface area contributed by atoms with E-state index in [-0.39, 0.29) is 12.1 Å². The Labute approximate surface area is 110 Å². The minimum atomic E-state index is -1.23. The Bertz CT molecular complexity index is 558. The number of anilines is 1. The monoisotopic (exact) mass is 312 g/mol. The first-order valence-electron chi connectivity index (χ1n) is 5.06. The van der Waals surface area contributed by atoms with E-state index >= 15 is 0 Å². The fraction of sp³-hybridized carbons (Fsp3) is 0.182. The quantitative estimate of drug-likeness (QED) is 0.786. The molecule has 0 bridgehead atoms. The number of Topliss-reactive ketones (excluding diaryl/α,β-unsaturated/α-hetero) is 1. The van der Waals surface area contributed by atoms with Gasteiger partial charge in [-0.05, 0) is 18.2 Å². The minimum absolute atomic E-state index is 0.228. The van der Waals surface area contributed by atoms with Gasteiger partial charge in [0.25, 0.3) is 11.7 Å². The lowest BCUT2D eigenvalue weighted by Crippen LogP contribution is -2.44. The fourth-order valence-electron chi connectivity index (χ4n) is 1.73. The Kier molecular flexibility index (Phi) is 3.18. The second kappa shape index (κ2) is 4.51. The van der Waals surface area contributed by atoms with Gasteiger partial charge in [0.2, 0.25) is 0 Å². The number of rotatable bonds is 3. The number of hydrogen-bond donors (Lipinski definition) is 2. The highest BCUT2D eigenvalue weighted by Gasteiger charge is 2.37. The average Bonchev–Trinajstić information content (AvgIpc) is 2.54. The molecule has 2 rings (SSSR count). The van der Waals surface area contributed by atoms with Gasteiger partial charge >= 0.3 is 5.97 Å². The van der Waals surface area contributed by atoms with Crippen molar-refractivity contribution in [2.45, 2.75) is 6.04 Å². The third kappa shape index (κ3) is 2.02. The van der Waals surface area contributed by atoms with Crippen molar-refractivity contribution in [3.05, 3.63) is 28.2 Å². The summed E-state index contributed by atoms with van der Waals surface area (Å²) in [6, 6.07) is 3.55. The van der Waals surface area contributed by atoms with Crippen LogP contribution in [0.1, 0.15) is 10.4 Å². The normalized spacial score (nSPS) is 15.8. The van der Waals surface area contributed by atoms with Gasteiger partial charge in [-0.1, -0.05) is 15.9 Å². The van der Waals surface area contributed by atoms with Crippen LogP contribution in [0.2, 0.25) is 0 Å². The van der Waals surface area contributed by atoms with Crippen LogP contribution in [0.5, 0.6) is 0 Å². The molecule has 1 aromatic carbocycles. The highest BCUT2D eigenvalue weighted by molar-refractivity contribution is 9.10.